The molecule has 0 aliphatic carbocycles. The van der Waals surface area contributed by atoms with Gasteiger partial charge in [0, 0.05) is 24.5 Å². The molecule has 19 heavy (non-hydrogen) atoms. The van der Waals surface area contributed by atoms with Gasteiger partial charge in [-0.15, -0.1) is 11.3 Å². The fraction of sp³-hybridized carbons (Fsp3) is 0.643. The Balaban J connectivity index is 1.73. The van der Waals surface area contributed by atoms with Crippen LogP contribution in [0.25, 0.3) is 0 Å². The molecule has 0 aromatic carbocycles. The molecule has 1 atom stereocenters. The van der Waals surface area contributed by atoms with Crippen LogP contribution in [-0.2, 0) is 17.8 Å². The molecule has 4 nitrogen and oxygen atoms in total. The number of rotatable bonds is 6. The molecule has 2 N–H and O–H groups in total. The lowest BCUT2D eigenvalue weighted by Gasteiger charge is -2.27. The topological polar surface area (TPSA) is 52.6 Å². The number of aliphatic hydroxyl groups is 1. The monoisotopic (exact) mass is 282 g/mol. The molecule has 1 unspecified atom stereocenters. The van der Waals surface area contributed by atoms with Crippen LogP contribution in [-0.4, -0.2) is 41.7 Å². The van der Waals surface area contributed by atoms with E-state index in [1.165, 1.54) is 10.4 Å². The molecular formula is C14H22N2O2S. The van der Waals surface area contributed by atoms with Crippen LogP contribution in [0.1, 0.15) is 30.2 Å². The molecule has 1 aliphatic heterocycles. The van der Waals surface area contributed by atoms with Crippen LogP contribution >= 0.6 is 11.3 Å². The Morgan fingerprint density at radius 2 is 2.47 bits per heavy atom. The van der Waals surface area contributed by atoms with E-state index in [1.54, 1.807) is 11.3 Å². The van der Waals surface area contributed by atoms with Crippen molar-refractivity contribution in [3.8, 4) is 0 Å². The van der Waals surface area contributed by atoms with Crippen LogP contribution < -0.4 is 5.32 Å². The van der Waals surface area contributed by atoms with Gasteiger partial charge in [-0.1, -0.05) is 13.3 Å². The Morgan fingerprint density at radius 1 is 1.63 bits per heavy atom. The zero-order chi connectivity index (χ0) is 13.7. The standard InChI is InChI=1S/C14H22N2O2S/c1-2-3-12(17)8-15-9-14(18)16-6-4-13-11(10-16)5-7-19-13/h5,7,12,15,17H,2-4,6,8-10H2,1H3. The van der Waals surface area contributed by atoms with Gasteiger partial charge in [-0.2, -0.15) is 0 Å². The third-order valence-electron chi connectivity index (χ3n) is 3.44. The lowest BCUT2D eigenvalue weighted by atomic mass is 10.1. The summed E-state index contributed by atoms with van der Waals surface area (Å²) >= 11 is 1.78. The smallest absolute Gasteiger partial charge is 0.236 e. The van der Waals surface area contributed by atoms with Gasteiger partial charge in [-0.05, 0) is 29.9 Å². The van der Waals surface area contributed by atoms with Crippen molar-refractivity contribution in [3.63, 3.8) is 0 Å². The molecule has 2 rings (SSSR count). The van der Waals surface area contributed by atoms with E-state index in [1.807, 2.05) is 11.8 Å². The van der Waals surface area contributed by atoms with Crippen molar-refractivity contribution in [3.05, 3.63) is 21.9 Å². The van der Waals surface area contributed by atoms with E-state index in [-0.39, 0.29) is 12.0 Å². The van der Waals surface area contributed by atoms with Crippen molar-refractivity contribution in [1.82, 2.24) is 10.2 Å². The quantitative estimate of drug-likeness (QED) is 0.829. The van der Waals surface area contributed by atoms with E-state index in [0.29, 0.717) is 13.1 Å². The second-order valence-electron chi connectivity index (χ2n) is 5.01. The largest absolute Gasteiger partial charge is 0.392 e. The molecule has 5 heteroatoms. The lowest BCUT2D eigenvalue weighted by molar-refractivity contribution is -0.131. The first-order valence-electron chi connectivity index (χ1n) is 6.92. The highest BCUT2D eigenvalue weighted by Crippen LogP contribution is 2.23. The molecule has 106 valence electrons. The number of carbonyl (C=O) groups is 1. The van der Waals surface area contributed by atoms with Crippen LogP contribution in [0.5, 0.6) is 0 Å². The van der Waals surface area contributed by atoms with Crippen molar-refractivity contribution in [2.45, 2.75) is 38.8 Å². The molecule has 1 aromatic rings. The Morgan fingerprint density at radius 3 is 3.26 bits per heavy atom. The summed E-state index contributed by atoms with van der Waals surface area (Å²) in [6, 6.07) is 2.11. The van der Waals surface area contributed by atoms with Gasteiger partial charge in [0.05, 0.1) is 12.6 Å². The van der Waals surface area contributed by atoms with Crippen molar-refractivity contribution < 1.29 is 9.90 Å². The van der Waals surface area contributed by atoms with Gasteiger partial charge in [0.2, 0.25) is 5.91 Å². The van der Waals surface area contributed by atoms with E-state index in [2.05, 4.69) is 16.8 Å². The third kappa shape index (κ3) is 4.03. The number of thiophene rings is 1. The van der Waals surface area contributed by atoms with Gasteiger partial charge in [-0.3, -0.25) is 4.79 Å². The Hall–Kier alpha value is -0.910. The van der Waals surface area contributed by atoms with Crippen LogP contribution in [0.15, 0.2) is 11.4 Å². The fourth-order valence-corrected chi connectivity index (χ4v) is 3.24. The van der Waals surface area contributed by atoms with Crippen molar-refractivity contribution >= 4 is 17.2 Å². The molecule has 0 fully saturated rings. The van der Waals surface area contributed by atoms with Gasteiger partial charge in [-0.25, -0.2) is 0 Å². The van der Waals surface area contributed by atoms with Crippen molar-refractivity contribution in [2.75, 3.05) is 19.6 Å². The number of nitrogens with zero attached hydrogens (tertiary/aromatic N) is 1. The summed E-state index contributed by atoms with van der Waals surface area (Å²) < 4.78 is 0. The second kappa shape index (κ2) is 7.03. The van der Waals surface area contributed by atoms with Gasteiger partial charge in [0.25, 0.3) is 0 Å². The van der Waals surface area contributed by atoms with Crippen LogP contribution in [0, 0.1) is 0 Å². The average molecular weight is 282 g/mol. The molecule has 0 spiro atoms. The Kier molecular flexibility index (Phi) is 5.36. The number of hydrogen-bond donors (Lipinski definition) is 2. The number of nitrogens with one attached hydrogen (secondary N) is 1. The molecule has 1 aliphatic rings. The van der Waals surface area contributed by atoms with Crippen LogP contribution in [0.4, 0.5) is 0 Å². The SMILES string of the molecule is CCCC(O)CNCC(=O)N1CCc2sccc2C1. The van der Waals surface area contributed by atoms with Crippen molar-refractivity contribution in [2.24, 2.45) is 0 Å². The zero-order valence-corrected chi connectivity index (χ0v) is 12.2. The maximum absolute atomic E-state index is 12.1. The molecular weight excluding hydrogens is 260 g/mol. The van der Waals surface area contributed by atoms with Crippen LogP contribution in [0.3, 0.4) is 0 Å². The molecule has 0 saturated carbocycles. The van der Waals surface area contributed by atoms with Gasteiger partial charge < -0.3 is 15.3 Å². The summed E-state index contributed by atoms with van der Waals surface area (Å²) in [7, 11) is 0. The number of aliphatic hydroxyl groups excluding tert-OH is 1. The minimum atomic E-state index is -0.345. The normalized spacial score (nSPS) is 16.2. The first kappa shape index (κ1) is 14.5. The summed E-state index contributed by atoms with van der Waals surface area (Å²) in [5.41, 5.74) is 1.29. The first-order valence-corrected chi connectivity index (χ1v) is 7.80. The number of amides is 1. The molecule has 0 bridgehead atoms. The Bertz CT molecular complexity index is 419. The maximum Gasteiger partial charge on any atom is 0.236 e. The lowest BCUT2D eigenvalue weighted by Crippen LogP contribution is -2.42. The predicted octanol–water partition coefficient (Wildman–Crippen LogP) is 1.38. The Labute approximate surface area is 118 Å². The van der Waals surface area contributed by atoms with Crippen LogP contribution in [0.2, 0.25) is 0 Å². The minimum Gasteiger partial charge on any atom is -0.392 e. The predicted molar refractivity (Wildman–Crippen MR) is 77.2 cm³/mol. The number of fused-ring (bicyclic) bond motifs is 1. The highest BCUT2D eigenvalue weighted by atomic mass is 32.1. The van der Waals surface area contributed by atoms with E-state index in [9.17, 15) is 9.90 Å². The zero-order valence-electron chi connectivity index (χ0n) is 11.4. The average Bonchev–Trinajstić information content (AvgIpc) is 2.86. The summed E-state index contributed by atoms with van der Waals surface area (Å²) in [5.74, 6) is 0.126. The van der Waals surface area contributed by atoms with Crippen molar-refractivity contribution in [1.29, 1.82) is 0 Å². The van der Waals surface area contributed by atoms with E-state index in [4.69, 9.17) is 0 Å². The molecule has 0 radical (unpaired) electrons. The van der Waals surface area contributed by atoms with Gasteiger partial charge >= 0.3 is 0 Å². The van der Waals surface area contributed by atoms with E-state index >= 15 is 0 Å². The number of hydrogen-bond acceptors (Lipinski definition) is 4. The van der Waals surface area contributed by atoms with E-state index in [0.717, 1.165) is 32.4 Å². The fourth-order valence-electron chi connectivity index (χ4n) is 2.35. The molecule has 1 aromatic heterocycles. The minimum absolute atomic E-state index is 0.126. The number of carbonyl (C=O) groups excluding carboxylic acids is 1. The molecule has 2 heterocycles. The third-order valence-corrected chi connectivity index (χ3v) is 4.46. The summed E-state index contributed by atoms with van der Waals surface area (Å²) in [4.78, 5) is 15.4. The van der Waals surface area contributed by atoms with Gasteiger partial charge in [0.1, 0.15) is 0 Å². The summed E-state index contributed by atoms with van der Waals surface area (Å²) in [6.07, 6.45) is 2.37. The summed E-state index contributed by atoms with van der Waals surface area (Å²) in [6.45, 7) is 4.40. The summed E-state index contributed by atoms with van der Waals surface area (Å²) in [5, 5.41) is 14.7. The first-order chi connectivity index (χ1) is 9.20. The maximum atomic E-state index is 12.1. The second-order valence-corrected chi connectivity index (χ2v) is 6.01. The highest BCUT2D eigenvalue weighted by molar-refractivity contribution is 7.10. The highest BCUT2D eigenvalue weighted by Gasteiger charge is 2.21. The van der Waals surface area contributed by atoms with Gasteiger partial charge in [0.15, 0.2) is 0 Å². The molecule has 0 saturated heterocycles. The molecule has 1 amide bonds. The van der Waals surface area contributed by atoms with E-state index < -0.39 is 0 Å².